The SMILES string of the molecule is C=CC(=O)N1CCC2[C@H]1CN2c1nc(OC[C@@H]2CCCN2C)nc2c(F)c(-c3cccc4cccc(Cl)c34)c(F)cc12. The quantitative estimate of drug-likeness (QED) is 0.264. The number of nitrogens with zero attached hydrogens (tertiary/aromatic N) is 5. The highest BCUT2D eigenvalue weighted by molar-refractivity contribution is 6.36. The lowest BCUT2D eigenvalue weighted by Crippen LogP contribution is -2.63. The molecule has 1 amide bonds. The van der Waals surface area contributed by atoms with Crippen molar-refractivity contribution in [3.63, 3.8) is 0 Å². The zero-order valence-corrected chi connectivity index (χ0v) is 24.0. The van der Waals surface area contributed by atoms with Crippen LogP contribution in [0, 0.1) is 11.6 Å². The minimum atomic E-state index is -0.795. The van der Waals surface area contributed by atoms with Crippen LogP contribution in [0.15, 0.2) is 55.1 Å². The van der Waals surface area contributed by atoms with Gasteiger partial charge < -0.3 is 19.4 Å². The number of halogens is 3. The molecule has 3 aliphatic rings. The topological polar surface area (TPSA) is 61.8 Å². The van der Waals surface area contributed by atoms with E-state index < -0.39 is 11.6 Å². The molecule has 3 saturated heterocycles. The van der Waals surface area contributed by atoms with E-state index in [4.69, 9.17) is 21.3 Å². The summed E-state index contributed by atoms with van der Waals surface area (Å²) in [5.74, 6) is -1.24. The fraction of sp³-hybridized carbons (Fsp3) is 0.344. The van der Waals surface area contributed by atoms with E-state index in [9.17, 15) is 4.79 Å². The maximum absolute atomic E-state index is 16.6. The third kappa shape index (κ3) is 4.29. The Kier molecular flexibility index (Phi) is 6.74. The molecule has 3 fully saturated rings. The van der Waals surface area contributed by atoms with Crippen LogP contribution in [0.25, 0.3) is 32.8 Å². The van der Waals surface area contributed by atoms with Gasteiger partial charge in [-0.25, -0.2) is 8.78 Å². The highest BCUT2D eigenvalue weighted by atomic mass is 35.5. The summed E-state index contributed by atoms with van der Waals surface area (Å²) in [6.07, 6.45) is 4.11. The molecule has 216 valence electrons. The normalized spacial score (nSPS) is 22.0. The summed E-state index contributed by atoms with van der Waals surface area (Å²) < 4.78 is 38.7. The van der Waals surface area contributed by atoms with E-state index in [1.54, 1.807) is 29.2 Å². The van der Waals surface area contributed by atoms with E-state index in [-0.39, 0.29) is 46.5 Å². The first kappa shape index (κ1) is 27.0. The molecule has 1 unspecified atom stereocenters. The van der Waals surface area contributed by atoms with Crippen LogP contribution in [-0.4, -0.2) is 77.1 Å². The third-order valence-corrected chi connectivity index (χ3v) is 9.38. The standard InChI is InChI=1S/C32H30ClF2N5O2/c1-3-26(41)39-14-12-24-25(39)16-40(24)31-21-15-23(34)28(20-10-4-7-18-8-5-11-22(33)27(18)20)29(35)30(21)36-32(37-31)42-17-19-9-6-13-38(19)2/h3-5,7-8,10-11,15,19,24-25H,1,6,9,12-14,16-17H2,2H3/t19-,24?,25+/m0/s1. The Morgan fingerprint density at radius 1 is 1.14 bits per heavy atom. The van der Waals surface area contributed by atoms with Crippen LogP contribution in [-0.2, 0) is 4.79 Å². The van der Waals surface area contributed by atoms with Gasteiger partial charge >= 0.3 is 6.01 Å². The number of carbonyl (C=O) groups is 1. The molecule has 7 rings (SSSR count). The number of hydrogen-bond donors (Lipinski definition) is 0. The van der Waals surface area contributed by atoms with E-state index in [0.29, 0.717) is 41.5 Å². The fourth-order valence-electron chi connectivity index (χ4n) is 6.81. The second-order valence-electron chi connectivity index (χ2n) is 11.3. The Hall–Kier alpha value is -3.82. The summed E-state index contributed by atoms with van der Waals surface area (Å²) in [6, 6.07) is 12.2. The summed E-state index contributed by atoms with van der Waals surface area (Å²) >= 11 is 6.53. The first-order valence-electron chi connectivity index (χ1n) is 14.3. The smallest absolute Gasteiger partial charge is 0.319 e. The molecule has 3 aliphatic heterocycles. The molecule has 4 heterocycles. The number of anilines is 1. The first-order valence-corrected chi connectivity index (χ1v) is 14.6. The van der Waals surface area contributed by atoms with Gasteiger partial charge in [-0.15, -0.1) is 0 Å². The molecule has 42 heavy (non-hydrogen) atoms. The van der Waals surface area contributed by atoms with Crippen molar-refractivity contribution in [2.75, 3.05) is 38.2 Å². The van der Waals surface area contributed by atoms with Crippen molar-refractivity contribution in [3.8, 4) is 17.1 Å². The van der Waals surface area contributed by atoms with Crippen molar-refractivity contribution in [2.24, 2.45) is 0 Å². The van der Waals surface area contributed by atoms with Gasteiger partial charge in [0.05, 0.1) is 17.6 Å². The number of rotatable bonds is 6. The Morgan fingerprint density at radius 2 is 1.95 bits per heavy atom. The summed E-state index contributed by atoms with van der Waals surface area (Å²) in [7, 11) is 2.05. The van der Waals surface area contributed by atoms with Crippen LogP contribution in [0.3, 0.4) is 0 Å². The summed E-state index contributed by atoms with van der Waals surface area (Å²) in [6.45, 7) is 6.05. The van der Waals surface area contributed by atoms with Gasteiger partial charge in [-0.05, 0) is 62.0 Å². The van der Waals surface area contributed by atoms with Crippen LogP contribution in [0.1, 0.15) is 19.3 Å². The van der Waals surface area contributed by atoms with Gasteiger partial charge in [0.15, 0.2) is 5.82 Å². The predicted molar refractivity (Wildman–Crippen MR) is 160 cm³/mol. The van der Waals surface area contributed by atoms with Gasteiger partial charge in [0, 0.05) is 34.9 Å². The molecule has 7 nitrogen and oxygen atoms in total. The summed E-state index contributed by atoms with van der Waals surface area (Å²) in [5, 5.41) is 2.01. The Morgan fingerprint density at radius 3 is 2.71 bits per heavy atom. The van der Waals surface area contributed by atoms with Crippen molar-refractivity contribution in [1.29, 1.82) is 0 Å². The molecule has 3 atom stereocenters. The van der Waals surface area contributed by atoms with Gasteiger partial charge in [-0.2, -0.15) is 9.97 Å². The van der Waals surface area contributed by atoms with E-state index in [2.05, 4.69) is 16.5 Å². The zero-order chi connectivity index (χ0) is 29.1. The highest BCUT2D eigenvalue weighted by Crippen LogP contribution is 2.43. The molecule has 10 heteroatoms. The van der Waals surface area contributed by atoms with E-state index in [0.717, 1.165) is 31.2 Å². The van der Waals surface area contributed by atoms with Crippen LogP contribution >= 0.6 is 11.6 Å². The van der Waals surface area contributed by atoms with Gasteiger partial charge in [0.2, 0.25) is 5.91 Å². The van der Waals surface area contributed by atoms with Crippen molar-refractivity contribution in [3.05, 3.63) is 71.8 Å². The molecule has 0 spiro atoms. The number of carbonyl (C=O) groups excluding carboxylic acids is 1. The number of hydrogen-bond acceptors (Lipinski definition) is 6. The number of aromatic nitrogens is 2. The monoisotopic (exact) mass is 589 g/mol. The lowest BCUT2D eigenvalue weighted by atomic mass is 9.94. The average molecular weight is 590 g/mol. The van der Waals surface area contributed by atoms with Crippen molar-refractivity contribution < 1.29 is 18.3 Å². The van der Waals surface area contributed by atoms with Crippen molar-refractivity contribution >= 4 is 45.0 Å². The molecule has 1 aromatic heterocycles. The van der Waals surface area contributed by atoms with Crippen molar-refractivity contribution in [2.45, 2.75) is 37.4 Å². The second kappa shape index (κ2) is 10.5. The van der Waals surface area contributed by atoms with Crippen LogP contribution in [0.4, 0.5) is 14.6 Å². The van der Waals surface area contributed by atoms with Gasteiger partial charge in [0.25, 0.3) is 0 Å². The highest BCUT2D eigenvalue weighted by Gasteiger charge is 2.49. The maximum atomic E-state index is 16.6. The third-order valence-electron chi connectivity index (χ3n) is 9.07. The Bertz CT molecular complexity index is 1740. The van der Waals surface area contributed by atoms with E-state index in [1.807, 2.05) is 24.1 Å². The molecule has 0 N–H and O–H groups in total. The largest absolute Gasteiger partial charge is 0.462 e. The van der Waals surface area contributed by atoms with E-state index in [1.165, 1.54) is 12.1 Å². The predicted octanol–water partition coefficient (Wildman–Crippen LogP) is 5.83. The number of likely N-dealkylation sites (tertiary alicyclic amines) is 2. The maximum Gasteiger partial charge on any atom is 0.319 e. The van der Waals surface area contributed by atoms with Gasteiger partial charge in [0.1, 0.15) is 23.8 Å². The van der Waals surface area contributed by atoms with Crippen molar-refractivity contribution in [1.82, 2.24) is 19.8 Å². The molecule has 0 radical (unpaired) electrons. The fourth-order valence-corrected chi connectivity index (χ4v) is 7.09. The van der Waals surface area contributed by atoms with Gasteiger partial charge in [-0.1, -0.05) is 48.5 Å². The summed E-state index contributed by atoms with van der Waals surface area (Å²) in [4.78, 5) is 27.6. The lowest BCUT2D eigenvalue weighted by molar-refractivity contribution is -0.127. The summed E-state index contributed by atoms with van der Waals surface area (Å²) in [5.41, 5.74) is 0.136. The number of amides is 1. The second-order valence-corrected chi connectivity index (χ2v) is 11.7. The van der Waals surface area contributed by atoms with Crippen LogP contribution < -0.4 is 9.64 Å². The minimum Gasteiger partial charge on any atom is -0.462 e. The van der Waals surface area contributed by atoms with Gasteiger partial charge in [-0.3, -0.25) is 4.79 Å². The number of fused-ring (bicyclic) bond motifs is 3. The molecule has 4 aromatic rings. The van der Waals surface area contributed by atoms with Crippen LogP contribution in [0.2, 0.25) is 5.02 Å². The molecule has 0 saturated carbocycles. The number of ether oxygens (including phenoxy) is 1. The van der Waals surface area contributed by atoms with Crippen LogP contribution in [0.5, 0.6) is 6.01 Å². The molecular formula is C32H30ClF2N5O2. The van der Waals surface area contributed by atoms with E-state index >= 15 is 8.78 Å². The number of benzene rings is 3. The zero-order valence-electron chi connectivity index (χ0n) is 23.2. The molecule has 0 bridgehead atoms. The average Bonchev–Trinajstić information content (AvgIpc) is 3.54. The Balaban J connectivity index is 1.36. The molecule has 0 aliphatic carbocycles. The first-order chi connectivity index (χ1) is 20.4. The minimum absolute atomic E-state index is 0.0104. The molecule has 3 aromatic carbocycles. The molecular weight excluding hydrogens is 560 g/mol. The lowest BCUT2D eigenvalue weighted by Gasteiger charge is -2.47. The Labute approximate surface area is 247 Å². The number of likely N-dealkylation sites (N-methyl/N-ethyl adjacent to an activating group) is 1.